The van der Waals surface area contributed by atoms with Crippen molar-refractivity contribution in [2.75, 3.05) is 0 Å². The quantitative estimate of drug-likeness (QED) is 0.469. The number of nitrogens with zero attached hydrogens (tertiary/aromatic N) is 5. The lowest BCUT2D eigenvalue weighted by Crippen LogP contribution is -2.35. The minimum Gasteiger partial charge on any atom is -0.345 e. The first-order valence-electron chi connectivity index (χ1n) is 9.63. The third-order valence-corrected chi connectivity index (χ3v) is 5.08. The summed E-state index contributed by atoms with van der Waals surface area (Å²) in [5.41, 5.74) is 1.27. The molecule has 0 spiro atoms. The summed E-state index contributed by atoms with van der Waals surface area (Å²) in [6.45, 7) is 1.69. The van der Waals surface area contributed by atoms with E-state index in [2.05, 4.69) is 20.5 Å². The van der Waals surface area contributed by atoms with Crippen molar-refractivity contribution >= 4 is 17.5 Å². The zero-order valence-corrected chi connectivity index (χ0v) is 17.9. The molecule has 0 aliphatic carbocycles. The van der Waals surface area contributed by atoms with Crippen LogP contribution in [-0.2, 0) is 7.05 Å². The van der Waals surface area contributed by atoms with Gasteiger partial charge in [-0.25, -0.2) is 4.98 Å². The van der Waals surface area contributed by atoms with Gasteiger partial charge in [-0.1, -0.05) is 23.7 Å². The van der Waals surface area contributed by atoms with Crippen LogP contribution in [0.15, 0.2) is 65.8 Å². The number of rotatable bonds is 5. The Hall–Kier alpha value is -3.85. The molecule has 0 fully saturated rings. The van der Waals surface area contributed by atoms with E-state index in [0.717, 1.165) is 4.68 Å². The molecule has 0 bridgehead atoms. The van der Waals surface area contributed by atoms with Crippen LogP contribution in [0, 0.1) is 5.95 Å². The second-order valence-corrected chi connectivity index (χ2v) is 7.58. The first kappa shape index (κ1) is 21.4. The summed E-state index contributed by atoms with van der Waals surface area (Å²) in [7, 11) is 1.71. The Morgan fingerprint density at radius 1 is 1.19 bits per heavy atom. The highest BCUT2D eigenvalue weighted by Gasteiger charge is 2.20. The van der Waals surface area contributed by atoms with Crippen LogP contribution < -0.4 is 10.9 Å². The third kappa shape index (κ3) is 4.42. The molecule has 3 aromatic heterocycles. The van der Waals surface area contributed by atoms with Crippen LogP contribution >= 0.6 is 11.6 Å². The van der Waals surface area contributed by atoms with Crippen molar-refractivity contribution in [3.8, 4) is 16.9 Å². The van der Waals surface area contributed by atoms with Crippen LogP contribution in [0.1, 0.15) is 28.9 Å². The van der Waals surface area contributed by atoms with Gasteiger partial charge in [0.15, 0.2) is 0 Å². The molecule has 10 heteroatoms. The number of aromatic nitrogens is 5. The molecule has 8 nitrogen and oxygen atoms in total. The monoisotopic (exact) mass is 452 g/mol. The summed E-state index contributed by atoms with van der Waals surface area (Å²) in [6.07, 6.45) is 4.40. The van der Waals surface area contributed by atoms with Gasteiger partial charge in [0.2, 0.25) is 5.95 Å². The highest BCUT2D eigenvalue weighted by molar-refractivity contribution is 6.30. The highest BCUT2D eigenvalue weighted by atomic mass is 35.5. The minimum absolute atomic E-state index is 0.116. The number of pyridine rings is 1. The summed E-state index contributed by atoms with van der Waals surface area (Å²) in [4.78, 5) is 29.7. The topological polar surface area (TPSA) is 94.7 Å². The zero-order chi connectivity index (χ0) is 22.8. The van der Waals surface area contributed by atoms with Crippen molar-refractivity contribution in [2.45, 2.75) is 13.0 Å². The molecule has 1 amide bonds. The average molecular weight is 453 g/mol. The molecule has 4 aromatic rings. The van der Waals surface area contributed by atoms with E-state index in [9.17, 15) is 14.0 Å². The van der Waals surface area contributed by atoms with Gasteiger partial charge in [-0.3, -0.25) is 14.3 Å². The summed E-state index contributed by atoms with van der Waals surface area (Å²) in [5, 5.41) is 11.8. The first-order chi connectivity index (χ1) is 15.3. The predicted molar refractivity (Wildman–Crippen MR) is 117 cm³/mol. The van der Waals surface area contributed by atoms with Crippen LogP contribution in [0.2, 0.25) is 5.02 Å². The van der Waals surface area contributed by atoms with E-state index in [-0.39, 0.29) is 5.56 Å². The van der Waals surface area contributed by atoms with Gasteiger partial charge < -0.3 is 5.32 Å². The summed E-state index contributed by atoms with van der Waals surface area (Å²) >= 11 is 5.98. The fourth-order valence-corrected chi connectivity index (χ4v) is 3.28. The van der Waals surface area contributed by atoms with E-state index in [1.54, 1.807) is 50.5 Å². The van der Waals surface area contributed by atoms with Crippen molar-refractivity contribution in [1.82, 2.24) is 29.9 Å². The molecule has 4 rings (SSSR count). The number of hydrogen-bond acceptors (Lipinski definition) is 5. The van der Waals surface area contributed by atoms with E-state index in [1.165, 1.54) is 29.2 Å². The van der Waals surface area contributed by atoms with Crippen molar-refractivity contribution < 1.29 is 9.18 Å². The van der Waals surface area contributed by atoms with E-state index in [4.69, 9.17) is 11.6 Å². The van der Waals surface area contributed by atoms with E-state index in [0.29, 0.717) is 27.5 Å². The number of carbonyl (C=O) groups excluding carboxylic acids is 1. The maximum absolute atomic E-state index is 13.5. The first-order valence-corrected chi connectivity index (χ1v) is 10.0. The van der Waals surface area contributed by atoms with Gasteiger partial charge in [0.1, 0.15) is 11.3 Å². The lowest BCUT2D eigenvalue weighted by Gasteiger charge is -2.15. The SMILES string of the molecule is CC(NC(=O)c1cc(-c2ccc(Cl)cc2)nn(-c2cnn(C)c2)c1=O)c1ccnc(F)c1. The maximum atomic E-state index is 13.5. The Kier molecular flexibility index (Phi) is 5.83. The Bertz CT molecular complexity index is 1350. The smallest absolute Gasteiger partial charge is 0.284 e. The van der Waals surface area contributed by atoms with Gasteiger partial charge in [0.25, 0.3) is 11.5 Å². The maximum Gasteiger partial charge on any atom is 0.284 e. The normalized spacial score (nSPS) is 11.9. The van der Waals surface area contributed by atoms with Gasteiger partial charge in [0.05, 0.1) is 24.1 Å². The van der Waals surface area contributed by atoms with Crippen LogP contribution in [0.3, 0.4) is 0 Å². The lowest BCUT2D eigenvalue weighted by molar-refractivity contribution is 0.0937. The van der Waals surface area contributed by atoms with E-state index < -0.39 is 23.5 Å². The molecular weight excluding hydrogens is 435 g/mol. The average Bonchev–Trinajstić information content (AvgIpc) is 3.20. The van der Waals surface area contributed by atoms with Gasteiger partial charge in [0, 0.05) is 23.8 Å². The molecule has 0 saturated carbocycles. The Balaban J connectivity index is 1.77. The molecule has 1 atom stereocenters. The molecule has 32 heavy (non-hydrogen) atoms. The summed E-state index contributed by atoms with van der Waals surface area (Å²) < 4.78 is 16.1. The predicted octanol–water partition coefficient (Wildman–Crippen LogP) is 3.31. The molecule has 162 valence electrons. The molecular formula is C22H18ClFN6O2. The van der Waals surface area contributed by atoms with Crippen LogP contribution in [-0.4, -0.2) is 30.5 Å². The second-order valence-electron chi connectivity index (χ2n) is 7.15. The molecule has 0 aliphatic heterocycles. The van der Waals surface area contributed by atoms with Gasteiger partial charge in [-0.2, -0.15) is 19.3 Å². The standard InChI is InChI=1S/C22H18ClFN6O2/c1-13(15-7-8-25-20(24)9-15)27-21(31)18-10-19(14-3-5-16(23)6-4-14)28-30(22(18)32)17-11-26-29(2)12-17/h3-13H,1-2H3,(H,27,31). The summed E-state index contributed by atoms with van der Waals surface area (Å²) in [5.74, 6) is -1.27. The third-order valence-electron chi connectivity index (χ3n) is 4.83. The van der Waals surface area contributed by atoms with Gasteiger partial charge >= 0.3 is 0 Å². The fraction of sp³-hybridized carbons (Fsp3) is 0.136. The van der Waals surface area contributed by atoms with Crippen LogP contribution in [0.25, 0.3) is 16.9 Å². The summed E-state index contributed by atoms with van der Waals surface area (Å²) in [6, 6.07) is 10.6. The second kappa shape index (κ2) is 8.72. The molecule has 1 aromatic carbocycles. The van der Waals surface area contributed by atoms with Crippen molar-refractivity contribution in [1.29, 1.82) is 0 Å². The number of carbonyl (C=O) groups is 1. The van der Waals surface area contributed by atoms with Gasteiger partial charge in [-0.15, -0.1) is 0 Å². The molecule has 1 unspecified atom stereocenters. The molecule has 3 heterocycles. The zero-order valence-electron chi connectivity index (χ0n) is 17.2. The number of amides is 1. The van der Waals surface area contributed by atoms with Gasteiger partial charge in [-0.05, 0) is 42.8 Å². The number of halogens is 2. The van der Waals surface area contributed by atoms with Crippen LogP contribution in [0.5, 0.6) is 0 Å². The lowest BCUT2D eigenvalue weighted by atomic mass is 10.1. The minimum atomic E-state index is -0.656. The van der Waals surface area contributed by atoms with E-state index in [1.807, 2.05) is 0 Å². The fourth-order valence-electron chi connectivity index (χ4n) is 3.16. The number of nitrogens with one attached hydrogen (secondary N) is 1. The van der Waals surface area contributed by atoms with Crippen molar-refractivity contribution in [3.05, 3.63) is 93.5 Å². The Labute approximate surface area is 187 Å². The van der Waals surface area contributed by atoms with Crippen LogP contribution in [0.4, 0.5) is 4.39 Å². The van der Waals surface area contributed by atoms with Crippen molar-refractivity contribution in [2.24, 2.45) is 7.05 Å². The van der Waals surface area contributed by atoms with Crippen molar-refractivity contribution in [3.63, 3.8) is 0 Å². The van der Waals surface area contributed by atoms with E-state index >= 15 is 0 Å². The highest BCUT2D eigenvalue weighted by Crippen LogP contribution is 2.21. The largest absolute Gasteiger partial charge is 0.345 e. The molecule has 0 aliphatic rings. The Morgan fingerprint density at radius 3 is 2.59 bits per heavy atom. The molecule has 0 radical (unpaired) electrons. The number of aryl methyl sites for hydroxylation is 1. The number of benzene rings is 1. The molecule has 1 N–H and O–H groups in total. The Morgan fingerprint density at radius 2 is 1.94 bits per heavy atom. The molecule has 0 saturated heterocycles. The number of hydrogen-bond donors (Lipinski definition) is 1.